The Morgan fingerprint density at radius 1 is 1.17 bits per heavy atom. The monoisotopic (exact) mass is 401 g/mol. The van der Waals surface area contributed by atoms with Gasteiger partial charge in [-0.2, -0.15) is 0 Å². The summed E-state index contributed by atoms with van der Waals surface area (Å²) in [5.74, 6) is -0.603. The molecule has 2 rings (SSSR count). The van der Waals surface area contributed by atoms with E-state index in [4.69, 9.17) is 9.47 Å². The Kier molecular flexibility index (Phi) is 7.13. The quantitative estimate of drug-likeness (QED) is 0.538. The minimum absolute atomic E-state index is 0.0578. The van der Waals surface area contributed by atoms with Gasteiger partial charge >= 0.3 is 5.69 Å². The van der Waals surface area contributed by atoms with E-state index in [0.29, 0.717) is 11.4 Å². The van der Waals surface area contributed by atoms with Gasteiger partial charge in [0.05, 0.1) is 24.6 Å². The molecule has 0 bridgehead atoms. The molecule has 2 aromatic rings. The molecular formula is C20H23N3O6. The van der Waals surface area contributed by atoms with Crippen LogP contribution in [-0.2, 0) is 9.59 Å². The average molecular weight is 401 g/mol. The Labute approximate surface area is 168 Å². The molecule has 0 aromatic heterocycles. The van der Waals surface area contributed by atoms with Crippen LogP contribution in [0, 0.1) is 24.0 Å². The molecule has 0 heterocycles. The van der Waals surface area contributed by atoms with Crippen molar-refractivity contribution in [1.82, 2.24) is 4.90 Å². The Morgan fingerprint density at radius 2 is 1.83 bits per heavy atom. The first-order valence-corrected chi connectivity index (χ1v) is 8.78. The smallest absolute Gasteiger partial charge is 0.314 e. The first kappa shape index (κ1) is 21.7. The predicted octanol–water partition coefficient (Wildman–Crippen LogP) is 2.70. The van der Waals surface area contributed by atoms with Crippen molar-refractivity contribution in [1.29, 1.82) is 0 Å². The van der Waals surface area contributed by atoms with Crippen LogP contribution in [0.15, 0.2) is 36.4 Å². The van der Waals surface area contributed by atoms with E-state index in [9.17, 15) is 19.7 Å². The highest BCUT2D eigenvalue weighted by Crippen LogP contribution is 2.31. The van der Waals surface area contributed by atoms with Crippen molar-refractivity contribution in [3.8, 4) is 11.5 Å². The highest BCUT2D eigenvalue weighted by Gasteiger charge is 2.20. The van der Waals surface area contributed by atoms with Crippen LogP contribution in [0.1, 0.15) is 11.1 Å². The zero-order valence-electron chi connectivity index (χ0n) is 16.7. The summed E-state index contributed by atoms with van der Waals surface area (Å²) in [7, 11) is 2.85. The lowest BCUT2D eigenvalue weighted by Gasteiger charge is -2.18. The third-order valence-electron chi connectivity index (χ3n) is 4.27. The lowest BCUT2D eigenvalue weighted by molar-refractivity contribution is -0.385. The van der Waals surface area contributed by atoms with E-state index < -0.39 is 17.4 Å². The number of ether oxygens (including phenoxy) is 2. The van der Waals surface area contributed by atoms with Crippen LogP contribution in [0.4, 0.5) is 11.4 Å². The van der Waals surface area contributed by atoms with Crippen molar-refractivity contribution in [3.05, 3.63) is 57.6 Å². The molecule has 0 saturated carbocycles. The van der Waals surface area contributed by atoms with E-state index in [1.54, 1.807) is 0 Å². The fourth-order valence-electron chi connectivity index (χ4n) is 2.63. The molecular weight excluding hydrogens is 378 g/mol. The van der Waals surface area contributed by atoms with Gasteiger partial charge in [0.15, 0.2) is 12.4 Å². The summed E-state index contributed by atoms with van der Waals surface area (Å²) in [5.41, 5.74) is 2.24. The number of nitrogens with one attached hydrogen (secondary N) is 1. The van der Waals surface area contributed by atoms with Crippen LogP contribution in [-0.4, -0.2) is 48.9 Å². The number of hydrogen-bond donors (Lipinski definition) is 1. The fraction of sp³-hybridized carbons (Fsp3) is 0.300. The molecule has 154 valence electrons. The van der Waals surface area contributed by atoms with Gasteiger partial charge in [-0.3, -0.25) is 19.7 Å². The molecule has 2 amide bonds. The first-order chi connectivity index (χ1) is 13.7. The Morgan fingerprint density at radius 3 is 2.41 bits per heavy atom. The van der Waals surface area contributed by atoms with Gasteiger partial charge in [0.2, 0.25) is 5.91 Å². The minimum atomic E-state index is -0.621. The van der Waals surface area contributed by atoms with Gasteiger partial charge < -0.3 is 19.7 Å². The molecule has 0 aliphatic rings. The molecule has 0 spiro atoms. The number of rotatable bonds is 8. The van der Waals surface area contributed by atoms with Crippen LogP contribution >= 0.6 is 0 Å². The van der Waals surface area contributed by atoms with E-state index in [1.165, 1.54) is 37.3 Å². The second-order valence-corrected chi connectivity index (χ2v) is 6.44. The molecule has 0 atom stereocenters. The Bertz CT molecular complexity index is 908. The van der Waals surface area contributed by atoms with Gasteiger partial charge in [-0.25, -0.2) is 0 Å². The number of carbonyl (C=O) groups excluding carboxylic acids is 2. The molecule has 9 nitrogen and oxygen atoms in total. The number of hydrogen-bond acceptors (Lipinski definition) is 6. The van der Waals surface area contributed by atoms with Crippen molar-refractivity contribution in [2.45, 2.75) is 13.8 Å². The molecule has 0 unspecified atom stereocenters. The Hall–Kier alpha value is -3.62. The number of amides is 2. The topological polar surface area (TPSA) is 111 Å². The summed E-state index contributed by atoms with van der Waals surface area (Å²) in [4.78, 5) is 36.3. The third kappa shape index (κ3) is 5.68. The van der Waals surface area contributed by atoms with Gasteiger partial charge in [0, 0.05) is 12.7 Å². The summed E-state index contributed by atoms with van der Waals surface area (Å²) in [6.45, 7) is 3.14. The first-order valence-electron chi connectivity index (χ1n) is 8.78. The Balaban J connectivity index is 1.96. The van der Waals surface area contributed by atoms with Crippen LogP contribution in [0.25, 0.3) is 0 Å². The molecule has 29 heavy (non-hydrogen) atoms. The third-order valence-corrected chi connectivity index (χ3v) is 4.27. The van der Waals surface area contributed by atoms with Crippen LogP contribution in [0.3, 0.4) is 0 Å². The zero-order chi connectivity index (χ0) is 21.6. The number of anilines is 1. The number of nitrogens with zero attached hydrogens (tertiary/aromatic N) is 2. The second kappa shape index (κ2) is 9.54. The van der Waals surface area contributed by atoms with Crippen LogP contribution < -0.4 is 14.8 Å². The summed E-state index contributed by atoms with van der Waals surface area (Å²) < 4.78 is 10.3. The maximum Gasteiger partial charge on any atom is 0.314 e. The van der Waals surface area contributed by atoms with Crippen molar-refractivity contribution in [2.24, 2.45) is 0 Å². The molecule has 2 aromatic carbocycles. The zero-order valence-corrected chi connectivity index (χ0v) is 16.7. The highest BCUT2D eigenvalue weighted by atomic mass is 16.6. The summed E-state index contributed by atoms with van der Waals surface area (Å²) in [6, 6.07) is 9.72. The molecule has 0 radical (unpaired) electrons. The van der Waals surface area contributed by atoms with Crippen molar-refractivity contribution in [2.75, 3.05) is 32.6 Å². The van der Waals surface area contributed by atoms with E-state index in [1.807, 2.05) is 32.0 Å². The number of nitro benzene ring substituents is 1. The molecule has 0 aliphatic carbocycles. The SMILES string of the molecule is COc1ccc(OCC(=O)N(C)CC(=O)Nc2c(C)cccc2C)c([N+](=O)[O-])c1. The maximum atomic E-state index is 12.3. The van der Waals surface area contributed by atoms with Crippen molar-refractivity contribution in [3.63, 3.8) is 0 Å². The molecule has 1 N–H and O–H groups in total. The standard InChI is InChI=1S/C20H23N3O6/c1-13-6-5-7-14(2)20(13)21-18(24)11-22(3)19(25)12-29-17-9-8-15(28-4)10-16(17)23(26)27/h5-10H,11-12H2,1-4H3,(H,21,24). The second-order valence-electron chi connectivity index (χ2n) is 6.44. The summed E-state index contributed by atoms with van der Waals surface area (Å²) >= 11 is 0. The van der Waals surface area contributed by atoms with E-state index in [0.717, 1.165) is 11.1 Å². The molecule has 0 aliphatic heterocycles. The van der Waals surface area contributed by atoms with Gasteiger partial charge in [-0.05, 0) is 37.1 Å². The van der Waals surface area contributed by atoms with Gasteiger partial charge in [0.1, 0.15) is 5.75 Å². The van der Waals surface area contributed by atoms with E-state index in [-0.39, 0.29) is 23.9 Å². The molecule has 0 fully saturated rings. The van der Waals surface area contributed by atoms with Gasteiger partial charge in [-0.1, -0.05) is 18.2 Å². The number of methoxy groups -OCH3 is 1. The van der Waals surface area contributed by atoms with Gasteiger partial charge in [-0.15, -0.1) is 0 Å². The van der Waals surface area contributed by atoms with Crippen LogP contribution in [0.5, 0.6) is 11.5 Å². The lowest BCUT2D eigenvalue weighted by atomic mass is 10.1. The molecule has 9 heteroatoms. The number of benzene rings is 2. The number of nitro groups is 1. The predicted molar refractivity (Wildman–Crippen MR) is 107 cm³/mol. The van der Waals surface area contributed by atoms with Crippen LogP contribution in [0.2, 0.25) is 0 Å². The normalized spacial score (nSPS) is 10.2. The van der Waals surface area contributed by atoms with Crippen molar-refractivity contribution < 1.29 is 24.0 Å². The van der Waals surface area contributed by atoms with E-state index in [2.05, 4.69) is 5.32 Å². The van der Waals surface area contributed by atoms with E-state index >= 15 is 0 Å². The maximum absolute atomic E-state index is 12.3. The lowest BCUT2D eigenvalue weighted by Crippen LogP contribution is -2.37. The summed E-state index contributed by atoms with van der Waals surface area (Å²) in [5, 5.41) is 14.0. The average Bonchev–Trinajstić information content (AvgIpc) is 2.68. The minimum Gasteiger partial charge on any atom is -0.496 e. The summed E-state index contributed by atoms with van der Waals surface area (Å²) in [6.07, 6.45) is 0. The number of para-hydroxylation sites is 1. The largest absolute Gasteiger partial charge is 0.496 e. The van der Waals surface area contributed by atoms with Crippen molar-refractivity contribution >= 4 is 23.2 Å². The fourth-order valence-corrected chi connectivity index (χ4v) is 2.63. The highest BCUT2D eigenvalue weighted by molar-refractivity contribution is 5.95. The number of likely N-dealkylation sites (N-methyl/N-ethyl adjacent to an activating group) is 1. The molecule has 0 saturated heterocycles. The van der Waals surface area contributed by atoms with Gasteiger partial charge in [0.25, 0.3) is 5.91 Å². The number of aryl methyl sites for hydroxylation is 2. The number of carbonyl (C=O) groups is 2.